The quantitative estimate of drug-likeness (QED) is 0.790. The molecule has 2 aliphatic carbocycles. The number of imidazole rings is 1. The molecular formula is C15H25N3. The van der Waals surface area contributed by atoms with Crippen LogP contribution >= 0.6 is 0 Å². The van der Waals surface area contributed by atoms with E-state index in [0.29, 0.717) is 6.04 Å². The van der Waals surface area contributed by atoms with Gasteiger partial charge in [-0.25, -0.2) is 4.98 Å². The average Bonchev–Trinajstić information content (AvgIpc) is 2.57. The Labute approximate surface area is 110 Å². The number of aryl methyl sites for hydroxylation is 1. The summed E-state index contributed by atoms with van der Waals surface area (Å²) in [6.45, 7) is 0. The predicted octanol–water partition coefficient (Wildman–Crippen LogP) is 2.74. The Morgan fingerprint density at radius 2 is 1.89 bits per heavy atom. The molecule has 3 rings (SSSR count). The highest BCUT2D eigenvalue weighted by molar-refractivity contribution is 5.19. The Morgan fingerprint density at radius 1 is 1.11 bits per heavy atom. The molecule has 100 valence electrons. The van der Waals surface area contributed by atoms with Crippen LogP contribution in [0, 0.1) is 5.92 Å². The van der Waals surface area contributed by atoms with E-state index in [1.54, 1.807) is 0 Å². The first-order chi connectivity index (χ1) is 8.81. The normalized spacial score (nSPS) is 25.7. The molecular weight excluding hydrogens is 222 g/mol. The molecule has 0 bridgehead atoms. The molecule has 1 unspecified atom stereocenters. The van der Waals surface area contributed by atoms with Gasteiger partial charge in [0.15, 0.2) is 0 Å². The van der Waals surface area contributed by atoms with Crippen LogP contribution in [0.4, 0.5) is 0 Å². The molecule has 3 N–H and O–H groups in total. The minimum atomic E-state index is 0.337. The largest absolute Gasteiger partial charge is 0.346 e. The molecule has 2 aliphatic rings. The average molecular weight is 247 g/mol. The maximum atomic E-state index is 6.02. The van der Waals surface area contributed by atoms with Gasteiger partial charge < -0.3 is 10.7 Å². The van der Waals surface area contributed by atoms with Gasteiger partial charge in [-0.05, 0) is 18.8 Å². The third-order valence-electron chi connectivity index (χ3n) is 4.59. The lowest BCUT2D eigenvalue weighted by Gasteiger charge is -2.16. The number of rotatable bonds is 2. The van der Waals surface area contributed by atoms with Crippen molar-refractivity contribution >= 4 is 0 Å². The molecule has 3 heteroatoms. The fraction of sp³-hybridized carbons (Fsp3) is 0.800. The Balaban J connectivity index is 1.65. The number of nitrogens with one attached hydrogen (secondary N) is 1. The molecule has 0 spiro atoms. The van der Waals surface area contributed by atoms with Gasteiger partial charge in [0.25, 0.3) is 0 Å². The molecule has 0 saturated heterocycles. The maximum absolute atomic E-state index is 6.02. The lowest BCUT2D eigenvalue weighted by Crippen LogP contribution is -2.27. The lowest BCUT2D eigenvalue weighted by atomic mass is 9.96. The van der Waals surface area contributed by atoms with Crippen molar-refractivity contribution in [2.75, 3.05) is 0 Å². The summed E-state index contributed by atoms with van der Waals surface area (Å²) in [7, 11) is 0. The van der Waals surface area contributed by atoms with E-state index in [2.05, 4.69) is 4.98 Å². The SMILES string of the molecule is NC1CCc2nc(CC3CCCCCC3)[nH]c2C1. The van der Waals surface area contributed by atoms with Crippen LogP contribution in [0.25, 0.3) is 0 Å². The Bertz CT molecular complexity index is 388. The molecule has 0 aliphatic heterocycles. The van der Waals surface area contributed by atoms with Crippen molar-refractivity contribution in [2.45, 2.75) is 70.3 Å². The van der Waals surface area contributed by atoms with Crippen LogP contribution in [0.1, 0.15) is 62.2 Å². The van der Waals surface area contributed by atoms with Crippen LogP contribution in [0.2, 0.25) is 0 Å². The topological polar surface area (TPSA) is 54.7 Å². The summed E-state index contributed by atoms with van der Waals surface area (Å²) < 4.78 is 0. The summed E-state index contributed by atoms with van der Waals surface area (Å²) in [6.07, 6.45) is 12.8. The smallest absolute Gasteiger partial charge is 0.106 e. The predicted molar refractivity (Wildman–Crippen MR) is 73.5 cm³/mol. The van der Waals surface area contributed by atoms with Crippen LogP contribution in [0.5, 0.6) is 0 Å². The van der Waals surface area contributed by atoms with Crippen LogP contribution in [0.3, 0.4) is 0 Å². The third kappa shape index (κ3) is 2.77. The third-order valence-corrected chi connectivity index (χ3v) is 4.59. The molecule has 1 aromatic rings. The van der Waals surface area contributed by atoms with Crippen LogP contribution in [-0.2, 0) is 19.3 Å². The van der Waals surface area contributed by atoms with Crippen molar-refractivity contribution in [3.8, 4) is 0 Å². The zero-order valence-electron chi connectivity index (χ0n) is 11.3. The molecule has 1 atom stereocenters. The highest BCUT2D eigenvalue weighted by Gasteiger charge is 2.21. The minimum absolute atomic E-state index is 0.337. The van der Waals surface area contributed by atoms with Crippen LogP contribution in [-0.4, -0.2) is 16.0 Å². The van der Waals surface area contributed by atoms with Crippen LogP contribution in [0.15, 0.2) is 0 Å². The lowest BCUT2D eigenvalue weighted by molar-refractivity contribution is 0.449. The van der Waals surface area contributed by atoms with Gasteiger partial charge in [-0.3, -0.25) is 0 Å². The van der Waals surface area contributed by atoms with Gasteiger partial charge in [0.05, 0.1) is 5.69 Å². The summed E-state index contributed by atoms with van der Waals surface area (Å²) in [5.74, 6) is 2.08. The van der Waals surface area contributed by atoms with Crippen molar-refractivity contribution in [3.63, 3.8) is 0 Å². The van der Waals surface area contributed by atoms with E-state index in [0.717, 1.165) is 31.6 Å². The van der Waals surface area contributed by atoms with E-state index in [1.165, 1.54) is 55.7 Å². The second-order valence-electron chi connectivity index (χ2n) is 6.17. The fourth-order valence-electron chi connectivity index (χ4n) is 3.50. The van der Waals surface area contributed by atoms with Crippen molar-refractivity contribution in [3.05, 3.63) is 17.2 Å². The number of fused-ring (bicyclic) bond motifs is 1. The van der Waals surface area contributed by atoms with E-state index in [1.807, 2.05) is 0 Å². The molecule has 1 aromatic heterocycles. The van der Waals surface area contributed by atoms with Crippen molar-refractivity contribution in [1.29, 1.82) is 0 Å². The maximum Gasteiger partial charge on any atom is 0.106 e. The zero-order valence-corrected chi connectivity index (χ0v) is 11.3. The van der Waals surface area contributed by atoms with Gasteiger partial charge in [0.2, 0.25) is 0 Å². The molecule has 0 aromatic carbocycles. The first-order valence-electron chi connectivity index (χ1n) is 7.63. The Hall–Kier alpha value is -0.830. The highest BCUT2D eigenvalue weighted by atomic mass is 14.9. The number of H-pyrrole nitrogens is 1. The number of hydrogen-bond donors (Lipinski definition) is 2. The second kappa shape index (κ2) is 5.43. The molecule has 3 nitrogen and oxygen atoms in total. The van der Waals surface area contributed by atoms with E-state index in [4.69, 9.17) is 10.7 Å². The highest BCUT2D eigenvalue weighted by Crippen LogP contribution is 2.26. The Morgan fingerprint density at radius 3 is 2.67 bits per heavy atom. The second-order valence-corrected chi connectivity index (χ2v) is 6.17. The summed E-state index contributed by atoms with van der Waals surface area (Å²) in [4.78, 5) is 8.34. The summed E-state index contributed by atoms with van der Waals surface area (Å²) in [6, 6.07) is 0.337. The number of aromatic nitrogens is 2. The molecule has 18 heavy (non-hydrogen) atoms. The molecule has 0 radical (unpaired) electrons. The summed E-state index contributed by atoms with van der Waals surface area (Å²) >= 11 is 0. The zero-order chi connectivity index (χ0) is 12.4. The Kier molecular flexibility index (Phi) is 3.69. The number of aromatic amines is 1. The summed E-state index contributed by atoms with van der Waals surface area (Å²) in [5, 5.41) is 0. The van der Waals surface area contributed by atoms with Crippen LogP contribution < -0.4 is 5.73 Å². The number of nitrogens with zero attached hydrogens (tertiary/aromatic N) is 1. The van der Waals surface area contributed by atoms with Gasteiger partial charge in [-0.1, -0.05) is 38.5 Å². The van der Waals surface area contributed by atoms with E-state index in [9.17, 15) is 0 Å². The monoisotopic (exact) mass is 247 g/mol. The van der Waals surface area contributed by atoms with Gasteiger partial charge >= 0.3 is 0 Å². The first-order valence-corrected chi connectivity index (χ1v) is 7.63. The van der Waals surface area contributed by atoms with Gasteiger partial charge in [-0.15, -0.1) is 0 Å². The molecule has 0 amide bonds. The van der Waals surface area contributed by atoms with Crippen molar-refractivity contribution in [2.24, 2.45) is 11.7 Å². The van der Waals surface area contributed by atoms with Gasteiger partial charge in [0, 0.05) is 24.6 Å². The number of hydrogen-bond acceptors (Lipinski definition) is 2. The van der Waals surface area contributed by atoms with E-state index >= 15 is 0 Å². The van der Waals surface area contributed by atoms with Crippen molar-refractivity contribution in [1.82, 2.24) is 9.97 Å². The number of nitrogens with two attached hydrogens (primary N) is 1. The fourth-order valence-corrected chi connectivity index (χ4v) is 3.50. The van der Waals surface area contributed by atoms with Gasteiger partial charge in [-0.2, -0.15) is 0 Å². The standard InChI is InChI=1S/C15H25N3/c16-12-7-8-13-14(10-12)18-15(17-13)9-11-5-3-1-2-4-6-11/h11-12H,1-10,16H2,(H,17,18). The van der Waals surface area contributed by atoms with Gasteiger partial charge in [0.1, 0.15) is 5.82 Å². The summed E-state index contributed by atoms with van der Waals surface area (Å²) in [5.41, 5.74) is 8.62. The van der Waals surface area contributed by atoms with E-state index in [-0.39, 0.29) is 0 Å². The molecule has 1 heterocycles. The minimum Gasteiger partial charge on any atom is -0.346 e. The molecule has 1 fully saturated rings. The van der Waals surface area contributed by atoms with E-state index < -0.39 is 0 Å². The molecule has 1 saturated carbocycles. The van der Waals surface area contributed by atoms with Crippen molar-refractivity contribution < 1.29 is 0 Å². The first kappa shape index (κ1) is 12.2.